The number of carbonyl (C=O) groups excluding carboxylic acids is 1. The van der Waals surface area contributed by atoms with Crippen LogP contribution in [-0.2, 0) is 18.7 Å². The molecule has 1 heterocycles. The first-order valence-corrected chi connectivity index (χ1v) is 7.04. The molecule has 0 bridgehead atoms. The molecule has 1 aliphatic heterocycles. The summed E-state index contributed by atoms with van der Waals surface area (Å²) in [7, 11) is -4.91. The van der Waals surface area contributed by atoms with Crippen molar-refractivity contribution in [2.45, 2.75) is 19.4 Å². The molecule has 8 nitrogen and oxygen atoms in total. The summed E-state index contributed by atoms with van der Waals surface area (Å²) >= 11 is 0. The molecule has 0 aliphatic carbocycles. The Bertz CT molecular complexity index is 421. The van der Waals surface area contributed by atoms with E-state index in [1.807, 2.05) is 0 Å². The third-order valence-electron chi connectivity index (χ3n) is 3.02. The molecule has 0 aromatic carbocycles. The standard InChI is InChI=1S/C10H16NO7P/c1-5(2)7-4-11-9(10(13)14)6(7)3-8(12)18-19(15,16)17/h6-7,9,11H,1,3-4H2,2H3,(H,13,14)(H2,15,16,17)/t6-,7+,9-/m0/s1. The number of hydrogen-bond acceptors (Lipinski definition) is 5. The van der Waals surface area contributed by atoms with Crippen LogP contribution in [0.1, 0.15) is 13.3 Å². The van der Waals surface area contributed by atoms with Crippen molar-refractivity contribution in [2.75, 3.05) is 6.54 Å². The van der Waals surface area contributed by atoms with Crippen LogP contribution in [0.15, 0.2) is 12.2 Å². The van der Waals surface area contributed by atoms with Crippen LogP contribution in [0, 0.1) is 11.8 Å². The maximum Gasteiger partial charge on any atom is 0.526 e. The van der Waals surface area contributed by atoms with E-state index in [0.717, 1.165) is 0 Å². The van der Waals surface area contributed by atoms with Gasteiger partial charge in [-0.3, -0.25) is 19.4 Å². The molecule has 0 saturated carbocycles. The number of phosphoric acid groups is 1. The molecule has 0 spiro atoms. The predicted molar refractivity (Wildman–Crippen MR) is 64.0 cm³/mol. The first-order valence-electron chi connectivity index (χ1n) is 5.51. The van der Waals surface area contributed by atoms with Gasteiger partial charge >= 0.3 is 19.8 Å². The minimum Gasteiger partial charge on any atom is -0.480 e. The van der Waals surface area contributed by atoms with Crippen LogP contribution in [0.3, 0.4) is 0 Å². The first-order chi connectivity index (χ1) is 8.61. The minimum atomic E-state index is -4.91. The molecule has 9 heteroatoms. The number of nitrogens with one attached hydrogen (secondary N) is 1. The van der Waals surface area contributed by atoms with Crippen molar-refractivity contribution in [3.8, 4) is 0 Å². The summed E-state index contributed by atoms with van der Waals surface area (Å²) in [5, 5.41) is 11.8. The quantitative estimate of drug-likeness (QED) is 0.407. The highest BCUT2D eigenvalue weighted by Gasteiger charge is 2.42. The van der Waals surface area contributed by atoms with Crippen LogP contribution in [0.25, 0.3) is 0 Å². The van der Waals surface area contributed by atoms with Crippen LogP contribution in [0.2, 0.25) is 0 Å². The maximum absolute atomic E-state index is 11.4. The Labute approximate surface area is 109 Å². The topological polar surface area (TPSA) is 133 Å². The van der Waals surface area contributed by atoms with Gasteiger partial charge in [-0.2, -0.15) is 0 Å². The highest BCUT2D eigenvalue weighted by molar-refractivity contribution is 7.46. The fourth-order valence-electron chi connectivity index (χ4n) is 2.22. The van der Waals surface area contributed by atoms with Gasteiger partial charge in [-0.15, -0.1) is 0 Å². The number of phosphoric ester groups is 1. The summed E-state index contributed by atoms with van der Waals surface area (Å²) in [5.74, 6) is -3.16. The molecule has 0 aromatic rings. The smallest absolute Gasteiger partial charge is 0.480 e. The Morgan fingerprint density at radius 3 is 2.47 bits per heavy atom. The molecule has 1 fully saturated rings. The minimum absolute atomic E-state index is 0.259. The Hall–Kier alpha value is -1.21. The molecule has 0 unspecified atom stereocenters. The van der Waals surface area contributed by atoms with Gasteiger partial charge in [-0.1, -0.05) is 12.2 Å². The van der Waals surface area contributed by atoms with E-state index in [0.29, 0.717) is 12.1 Å². The SMILES string of the molecule is C=C(C)[C@H]1CN[C@H](C(=O)O)[C@H]1CC(=O)OP(=O)(O)O. The third-order valence-corrected chi connectivity index (χ3v) is 3.47. The average Bonchev–Trinajstić information content (AvgIpc) is 2.57. The summed E-state index contributed by atoms with van der Waals surface area (Å²) in [6.07, 6.45) is -0.396. The third kappa shape index (κ3) is 4.43. The summed E-state index contributed by atoms with van der Waals surface area (Å²) in [6.45, 7) is 5.78. The van der Waals surface area contributed by atoms with E-state index in [-0.39, 0.29) is 5.92 Å². The molecule has 4 N–H and O–H groups in total. The van der Waals surface area contributed by atoms with Gasteiger partial charge in [0.25, 0.3) is 0 Å². The second kappa shape index (κ2) is 5.83. The van der Waals surface area contributed by atoms with Crippen LogP contribution >= 0.6 is 7.82 Å². The van der Waals surface area contributed by atoms with Gasteiger partial charge in [0.2, 0.25) is 0 Å². The van der Waals surface area contributed by atoms with E-state index >= 15 is 0 Å². The Morgan fingerprint density at radius 2 is 2.05 bits per heavy atom. The molecule has 3 atom stereocenters. The monoisotopic (exact) mass is 293 g/mol. The number of carbonyl (C=O) groups is 2. The zero-order valence-electron chi connectivity index (χ0n) is 10.3. The van der Waals surface area contributed by atoms with Crippen LogP contribution in [0.5, 0.6) is 0 Å². The number of rotatable bonds is 5. The van der Waals surface area contributed by atoms with E-state index < -0.39 is 38.1 Å². The molecular weight excluding hydrogens is 277 g/mol. The summed E-state index contributed by atoms with van der Waals surface area (Å²) < 4.78 is 14.5. The van der Waals surface area contributed by atoms with E-state index in [9.17, 15) is 14.2 Å². The summed E-state index contributed by atoms with van der Waals surface area (Å²) in [5.41, 5.74) is 0.699. The normalized spacial score (nSPS) is 27.0. The molecule has 1 aliphatic rings. The lowest BCUT2D eigenvalue weighted by Crippen LogP contribution is -2.37. The summed E-state index contributed by atoms with van der Waals surface area (Å²) in [6, 6.07) is -0.967. The van der Waals surface area contributed by atoms with Crippen molar-refractivity contribution in [2.24, 2.45) is 11.8 Å². The molecule has 1 rings (SSSR count). The van der Waals surface area contributed by atoms with E-state index in [4.69, 9.17) is 14.9 Å². The van der Waals surface area contributed by atoms with Gasteiger partial charge in [-0.25, -0.2) is 4.57 Å². The number of aliphatic carboxylic acids is 1. The molecule has 0 radical (unpaired) electrons. The lowest BCUT2D eigenvalue weighted by Gasteiger charge is -2.21. The van der Waals surface area contributed by atoms with Crippen LogP contribution in [-0.4, -0.2) is 39.4 Å². The second-order valence-corrected chi connectivity index (χ2v) is 5.66. The van der Waals surface area contributed by atoms with E-state index in [2.05, 4.69) is 16.4 Å². The predicted octanol–water partition coefficient (Wildman–Crippen LogP) is -0.123. The van der Waals surface area contributed by atoms with Crippen molar-refractivity contribution in [3.63, 3.8) is 0 Å². The Morgan fingerprint density at radius 1 is 1.47 bits per heavy atom. The first kappa shape index (κ1) is 15.8. The zero-order valence-corrected chi connectivity index (χ0v) is 11.2. The molecule has 19 heavy (non-hydrogen) atoms. The highest BCUT2D eigenvalue weighted by atomic mass is 31.2. The van der Waals surface area contributed by atoms with Crippen molar-refractivity contribution in [1.82, 2.24) is 5.32 Å². The molecule has 0 amide bonds. The van der Waals surface area contributed by atoms with Gasteiger partial charge in [0.1, 0.15) is 6.04 Å². The van der Waals surface area contributed by atoms with Gasteiger partial charge < -0.3 is 14.9 Å². The lowest BCUT2D eigenvalue weighted by atomic mass is 9.84. The van der Waals surface area contributed by atoms with Crippen molar-refractivity contribution < 1.29 is 33.6 Å². The van der Waals surface area contributed by atoms with Crippen LogP contribution < -0.4 is 5.32 Å². The maximum atomic E-state index is 11.4. The Kier molecular flexibility index (Phi) is 4.86. The van der Waals surface area contributed by atoms with Crippen LogP contribution in [0.4, 0.5) is 0 Å². The molecule has 0 aromatic heterocycles. The number of hydrogen-bond donors (Lipinski definition) is 4. The molecule has 108 valence electrons. The zero-order chi connectivity index (χ0) is 14.8. The van der Waals surface area contributed by atoms with Crippen molar-refractivity contribution in [1.29, 1.82) is 0 Å². The fraction of sp³-hybridized carbons (Fsp3) is 0.600. The lowest BCUT2D eigenvalue weighted by molar-refractivity contribution is -0.141. The van der Waals surface area contributed by atoms with Gasteiger partial charge in [0.05, 0.1) is 6.42 Å². The van der Waals surface area contributed by atoms with Gasteiger partial charge in [0, 0.05) is 12.5 Å². The second-order valence-electron chi connectivity index (χ2n) is 4.50. The highest BCUT2D eigenvalue weighted by Crippen LogP contribution is 2.38. The molecular formula is C10H16NO7P. The fourth-order valence-corrected chi connectivity index (χ4v) is 2.56. The van der Waals surface area contributed by atoms with E-state index in [1.165, 1.54) is 0 Å². The number of carboxylic acids is 1. The Balaban J connectivity index is 2.80. The summed E-state index contributed by atoms with van der Waals surface area (Å²) in [4.78, 5) is 39.5. The largest absolute Gasteiger partial charge is 0.526 e. The van der Waals surface area contributed by atoms with Crippen molar-refractivity contribution in [3.05, 3.63) is 12.2 Å². The van der Waals surface area contributed by atoms with E-state index in [1.54, 1.807) is 6.92 Å². The number of carboxylic acid groups (broad SMARTS) is 1. The molecule has 1 saturated heterocycles. The van der Waals surface area contributed by atoms with Gasteiger partial charge in [-0.05, 0) is 12.8 Å². The van der Waals surface area contributed by atoms with Crippen molar-refractivity contribution >= 4 is 19.8 Å². The van der Waals surface area contributed by atoms with Gasteiger partial charge in [0.15, 0.2) is 0 Å². The average molecular weight is 293 g/mol.